The second kappa shape index (κ2) is 5.93. The van der Waals surface area contributed by atoms with Gasteiger partial charge in [-0.25, -0.2) is 0 Å². The summed E-state index contributed by atoms with van der Waals surface area (Å²) in [7, 11) is 0. The van der Waals surface area contributed by atoms with Crippen molar-refractivity contribution in [1.29, 1.82) is 0 Å². The number of thiophene rings is 1. The lowest BCUT2D eigenvalue weighted by Crippen LogP contribution is -2.48. The summed E-state index contributed by atoms with van der Waals surface area (Å²) in [5.41, 5.74) is 1.83. The summed E-state index contributed by atoms with van der Waals surface area (Å²) in [6.07, 6.45) is 0.556. The number of carbonyl (C=O) groups is 2. The number of hydrogen-bond acceptors (Lipinski definition) is 4. The Labute approximate surface area is 133 Å². The molecule has 5 heteroatoms. The van der Waals surface area contributed by atoms with Crippen LogP contribution in [0, 0.1) is 12.8 Å². The highest BCUT2D eigenvalue weighted by Gasteiger charge is 2.38. The van der Waals surface area contributed by atoms with Crippen molar-refractivity contribution in [2.75, 3.05) is 4.90 Å². The van der Waals surface area contributed by atoms with Crippen molar-refractivity contribution < 1.29 is 14.7 Å². The van der Waals surface area contributed by atoms with Gasteiger partial charge < -0.3 is 14.8 Å². The number of carboxylic acid groups (broad SMARTS) is 1. The number of carbonyl (C=O) groups excluding carboxylic acids is 2. The number of aryl methyl sites for hydroxylation is 1. The zero-order valence-electron chi connectivity index (χ0n) is 12.2. The fourth-order valence-electron chi connectivity index (χ4n) is 2.93. The van der Waals surface area contributed by atoms with E-state index in [1.807, 2.05) is 48.7 Å². The van der Waals surface area contributed by atoms with Crippen LogP contribution in [0.15, 0.2) is 41.8 Å². The molecule has 114 valence electrons. The first-order valence-electron chi connectivity index (χ1n) is 7.21. The molecule has 0 bridgehead atoms. The maximum Gasteiger partial charge on any atom is 0.227 e. The molecule has 0 unspecified atom stereocenters. The molecule has 1 aromatic carbocycles. The maximum absolute atomic E-state index is 12.5. The number of nitrogens with zero attached hydrogens (tertiary/aromatic N) is 1. The molecule has 0 saturated carbocycles. The number of rotatable bonds is 3. The molecule has 2 atom stereocenters. The van der Waals surface area contributed by atoms with Crippen molar-refractivity contribution in [3.63, 3.8) is 0 Å². The third kappa shape index (κ3) is 2.64. The van der Waals surface area contributed by atoms with Gasteiger partial charge in [0.15, 0.2) is 0 Å². The second-order valence-corrected chi connectivity index (χ2v) is 6.50. The molecule has 0 aliphatic carbocycles. The SMILES string of the molecule is Cc1ccc(N2C(=O)CC[C@H](C(=O)[O-])[C@H]2c2cccs2)cc1. The van der Waals surface area contributed by atoms with Crippen LogP contribution in [0.4, 0.5) is 5.69 Å². The van der Waals surface area contributed by atoms with Crippen molar-refractivity contribution in [3.8, 4) is 0 Å². The Hall–Kier alpha value is -2.14. The third-order valence-corrected chi connectivity index (χ3v) is 4.99. The van der Waals surface area contributed by atoms with Gasteiger partial charge in [-0.2, -0.15) is 0 Å². The van der Waals surface area contributed by atoms with E-state index in [0.29, 0.717) is 6.42 Å². The lowest BCUT2D eigenvalue weighted by molar-refractivity contribution is -0.312. The van der Waals surface area contributed by atoms with E-state index in [1.165, 1.54) is 11.3 Å². The van der Waals surface area contributed by atoms with Crippen molar-refractivity contribution in [1.82, 2.24) is 0 Å². The molecule has 0 N–H and O–H groups in total. The minimum atomic E-state index is -1.09. The molecule has 1 aliphatic rings. The Morgan fingerprint density at radius 1 is 1.27 bits per heavy atom. The molecule has 1 saturated heterocycles. The molecule has 1 amide bonds. The fourth-order valence-corrected chi connectivity index (χ4v) is 3.81. The van der Waals surface area contributed by atoms with E-state index in [4.69, 9.17) is 0 Å². The molecule has 22 heavy (non-hydrogen) atoms. The van der Waals surface area contributed by atoms with E-state index >= 15 is 0 Å². The molecule has 0 spiro atoms. The predicted octanol–water partition coefficient (Wildman–Crippen LogP) is 2.29. The number of anilines is 1. The Bertz CT molecular complexity index is 678. The van der Waals surface area contributed by atoms with Crippen LogP contribution in [0.25, 0.3) is 0 Å². The largest absolute Gasteiger partial charge is 0.550 e. The van der Waals surface area contributed by atoms with E-state index in [0.717, 1.165) is 16.1 Å². The van der Waals surface area contributed by atoms with Crippen LogP contribution in [-0.4, -0.2) is 11.9 Å². The van der Waals surface area contributed by atoms with Crippen LogP contribution in [0.5, 0.6) is 0 Å². The van der Waals surface area contributed by atoms with Crippen LogP contribution in [0.2, 0.25) is 0 Å². The minimum Gasteiger partial charge on any atom is -0.550 e. The van der Waals surface area contributed by atoms with E-state index in [9.17, 15) is 14.7 Å². The Balaban J connectivity index is 2.07. The normalized spacial score (nSPS) is 21.9. The smallest absolute Gasteiger partial charge is 0.227 e. The van der Waals surface area contributed by atoms with Crippen molar-refractivity contribution in [2.45, 2.75) is 25.8 Å². The molecule has 4 nitrogen and oxygen atoms in total. The molecule has 0 radical (unpaired) electrons. The summed E-state index contributed by atoms with van der Waals surface area (Å²) in [5.74, 6) is -1.82. The van der Waals surface area contributed by atoms with Gasteiger partial charge in [-0.1, -0.05) is 23.8 Å². The highest BCUT2D eigenvalue weighted by molar-refractivity contribution is 7.10. The zero-order chi connectivity index (χ0) is 15.7. The molecule has 2 aromatic rings. The number of piperidine rings is 1. The molecular formula is C17H16NO3S-. The van der Waals surface area contributed by atoms with E-state index in [-0.39, 0.29) is 12.3 Å². The fraction of sp³-hybridized carbons (Fsp3) is 0.294. The van der Waals surface area contributed by atoms with Gasteiger partial charge in [-0.05, 0) is 36.9 Å². The Morgan fingerprint density at radius 2 is 2.00 bits per heavy atom. The third-order valence-electron chi connectivity index (χ3n) is 4.05. The van der Waals surface area contributed by atoms with Crippen LogP contribution in [-0.2, 0) is 9.59 Å². The summed E-state index contributed by atoms with van der Waals surface area (Å²) in [6.45, 7) is 1.97. The quantitative estimate of drug-likeness (QED) is 0.873. The van der Waals surface area contributed by atoms with E-state index in [2.05, 4.69) is 0 Å². The monoisotopic (exact) mass is 314 g/mol. The molecule has 1 fully saturated rings. The Morgan fingerprint density at radius 3 is 2.59 bits per heavy atom. The number of hydrogen-bond donors (Lipinski definition) is 0. The molecule has 1 aliphatic heterocycles. The van der Waals surface area contributed by atoms with Crippen molar-refractivity contribution in [3.05, 3.63) is 52.2 Å². The predicted molar refractivity (Wildman–Crippen MR) is 83.5 cm³/mol. The van der Waals surface area contributed by atoms with Gasteiger partial charge in [0.2, 0.25) is 5.91 Å². The van der Waals surface area contributed by atoms with Crippen LogP contribution in [0.3, 0.4) is 0 Å². The number of aliphatic carboxylic acids is 1. The highest BCUT2D eigenvalue weighted by atomic mass is 32.1. The summed E-state index contributed by atoms with van der Waals surface area (Å²) >= 11 is 1.47. The number of carboxylic acids is 1. The molecular weight excluding hydrogens is 298 g/mol. The minimum absolute atomic E-state index is 0.0419. The summed E-state index contributed by atoms with van der Waals surface area (Å²) in [6, 6.07) is 10.8. The maximum atomic E-state index is 12.5. The van der Waals surface area contributed by atoms with Crippen LogP contribution < -0.4 is 10.0 Å². The van der Waals surface area contributed by atoms with Crippen molar-refractivity contribution >= 4 is 28.9 Å². The standard InChI is InChI=1S/C17H17NO3S/c1-11-4-6-12(7-5-11)18-15(19)9-8-13(17(20)21)16(18)14-3-2-10-22-14/h2-7,10,13,16H,8-9H2,1H3,(H,20,21)/p-1/t13-,16-/m0/s1. The summed E-state index contributed by atoms with van der Waals surface area (Å²) in [4.78, 5) is 26.5. The average molecular weight is 314 g/mol. The molecule has 3 rings (SSSR count). The second-order valence-electron chi connectivity index (χ2n) is 5.52. The zero-order valence-corrected chi connectivity index (χ0v) is 13.0. The lowest BCUT2D eigenvalue weighted by atomic mass is 9.87. The van der Waals surface area contributed by atoms with Crippen molar-refractivity contribution in [2.24, 2.45) is 5.92 Å². The van der Waals surface area contributed by atoms with Gasteiger partial charge in [-0.15, -0.1) is 11.3 Å². The highest BCUT2D eigenvalue weighted by Crippen LogP contribution is 2.41. The number of amides is 1. The van der Waals surface area contributed by atoms with Gasteiger partial charge in [-0.3, -0.25) is 4.79 Å². The number of benzene rings is 1. The summed E-state index contributed by atoms with van der Waals surface area (Å²) < 4.78 is 0. The van der Waals surface area contributed by atoms with Gasteiger partial charge in [0.25, 0.3) is 0 Å². The first-order chi connectivity index (χ1) is 10.6. The van der Waals surface area contributed by atoms with Crippen LogP contribution in [0.1, 0.15) is 29.3 Å². The van der Waals surface area contributed by atoms with Crippen LogP contribution >= 0.6 is 11.3 Å². The van der Waals surface area contributed by atoms with E-state index < -0.39 is 17.9 Å². The van der Waals surface area contributed by atoms with Gasteiger partial charge in [0.05, 0.1) is 6.04 Å². The molecule has 2 heterocycles. The Kier molecular flexibility index (Phi) is 3.98. The molecule has 1 aromatic heterocycles. The van der Waals surface area contributed by atoms with Gasteiger partial charge in [0.1, 0.15) is 0 Å². The average Bonchev–Trinajstić information content (AvgIpc) is 3.01. The lowest BCUT2D eigenvalue weighted by Gasteiger charge is -2.41. The van der Waals surface area contributed by atoms with Gasteiger partial charge in [0, 0.05) is 28.9 Å². The first kappa shape index (κ1) is 14.8. The van der Waals surface area contributed by atoms with Gasteiger partial charge >= 0.3 is 0 Å². The summed E-state index contributed by atoms with van der Waals surface area (Å²) in [5, 5.41) is 13.5. The first-order valence-corrected chi connectivity index (χ1v) is 8.09. The van der Waals surface area contributed by atoms with E-state index in [1.54, 1.807) is 4.90 Å². The topological polar surface area (TPSA) is 60.4 Å².